The molecule has 0 fully saturated rings. The number of anilines is 1. The minimum absolute atomic E-state index is 0.317. The molecule has 2 rings (SSSR count). The zero-order valence-electron chi connectivity index (χ0n) is 9.03. The van der Waals surface area contributed by atoms with Gasteiger partial charge in [-0.15, -0.1) is 11.3 Å². The lowest BCUT2D eigenvalue weighted by Crippen LogP contribution is -1.97. The molecular formula is C12H10ClNO2S. The summed E-state index contributed by atoms with van der Waals surface area (Å²) in [6, 6.07) is 9.15. The molecule has 0 aliphatic rings. The zero-order valence-corrected chi connectivity index (χ0v) is 10.6. The molecule has 1 aromatic heterocycles. The van der Waals surface area contributed by atoms with Gasteiger partial charge in [0.25, 0.3) is 0 Å². The summed E-state index contributed by atoms with van der Waals surface area (Å²) < 4.78 is 0. The number of carbonyl (C=O) groups is 1. The highest BCUT2D eigenvalue weighted by molar-refractivity contribution is 7.18. The van der Waals surface area contributed by atoms with Gasteiger partial charge in [-0.1, -0.05) is 23.7 Å². The van der Waals surface area contributed by atoms with Crippen LogP contribution in [0.1, 0.15) is 9.67 Å². The summed E-state index contributed by atoms with van der Waals surface area (Å²) >= 11 is 7.06. The molecule has 5 heteroatoms. The molecule has 0 aliphatic heterocycles. The zero-order chi connectivity index (χ0) is 12.4. The molecule has 88 valence electrons. The minimum atomic E-state index is -0.917. The first-order chi connectivity index (χ1) is 8.11. The number of thiophene rings is 1. The molecule has 1 heterocycles. The number of benzene rings is 1. The van der Waals surface area contributed by atoms with E-state index in [1.807, 2.05) is 18.2 Å². The van der Waals surface area contributed by atoms with Gasteiger partial charge < -0.3 is 10.4 Å². The van der Waals surface area contributed by atoms with Crippen molar-refractivity contribution in [1.29, 1.82) is 0 Å². The summed E-state index contributed by atoms with van der Waals surface area (Å²) in [6.07, 6.45) is 0. The fourth-order valence-corrected chi connectivity index (χ4v) is 2.63. The van der Waals surface area contributed by atoms with Gasteiger partial charge in [0, 0.05) is 16.9 Å². The quantitative estimate of drug-likeness (QED) is 0.889. The van der Waals surface area contributed by atoms with Gasteiger partial charge in [0.1, 0.15) is 4.88 Å². The Hall–Kier alpha value is -1.52. The second kappa shape index (κ2) is 4.77. The van der Waals surface area contributed by atoms with Gasteiger partial charge in [0.05, 0.1) is 5.69 Å². The van der Waals surface area contributed by atoms with Gasteiger partial charge in [0.15, 0.2) is 0 Å². The van der Waals surface area contributed by atoms with Crippen molar-refractivity contribution in [2.75, 3.05) is 12.4 Å². The molecule has 0 bridgehead atoms. The van der Waals surface area contributed by atoms with Crippen LogP contribution in [0.3, 0.4) is 0 Å². The van der Waals surface area contributed by atoms with Crippen molar-refractivity contribution in [3.8, 4) is 10.4 Å². The van der Waals surface area contributed by atoms with Crippen molar-refractivity contribution in [2.45, 2.75) is 0 Å². The third-order valence-electron chi connectivity index (χ3n) is 2.32. The van der Waals surface area contributed by atoms with E-state index < -0.39 is 5.97 Å². The summed E-state index contributed by atoms with van der Waals surface area (Å²) in [4.78, 5) is 12.3. The van der Waals surface area contributed by atoms with Crippen molar-refractivity contribution in [3.05, 3.63) is 40.2 Å². The van der Waals surface area contributed by atoms with Crippen LogP contribution in [0.4, 0.5) is 5.69 Å². The van der Waals surface area contributed by atoms with Crippen LogP contribution in [0.5, 0.6) is 0 Å². The smallest absolute Gasteiger partial charge is 0.348 e. The first-order valence-electron chi connectivity index (χ1n) is 4.92. The van der Waals surface area contributed by atoms with Crippen LogP contribution >= 0.6 is 22.9 Å². The van der Waals surface area contributed by atoms with E-state index >= 15 is 0 Å². The minimum Gasteiger partial charge on any atom is -0.477 e. The molecule has 2 aromatic rings. The van der Waals surface area contributed by atoms with Crippen LogP contribution in [0, 0.1) is 0 Å². The van der Waals surface area contributed by atoms with E-state index in [1.54, 1.807) is 19.2 Å². The second-order valence-electron chi connectivity index (χ2n) is 3.42. The largest absolute Gasteiger partial charge is 0.477 e. The number of hydrogen-bond donors (Lipinski definition) is 2. The standard InChI is InChI=1S/C12H10ClNO2S/c1-14-9-6-10(17-11(9)12(15)16)7-2-4-8(13)5-3-7/h2-6,14H,1H3,(H,15,16). The molecule has 3 nitrogen and oxygen atoms in total. The fourth-order valence-electron chi connectivity index (χ4n) is 1.49. The lowest BCUT2D eigenvalue weighted by Gasteiger charge is -1.96. The maximum absolute atomic E-state index is 11.0. The number of nitrogens with one attached hydrogen (secondary N) is 1. The molecular weight excluding hydrogens is 258 g/mol. The molecule has 0 unspecified atom stereocenters. The van der Waals surface area contributed by atoms with Crippen LogP contribution < -0.4 is 5.32 Å². The maximum Gasteiger partial charge on any atom is 0.348 e. The Morgan fingerprint density at radius 2 is 2.00 bits per heavy atom. The van der Waals surface area contributed by atoms with Crippen molar-refractivity contribution in [1.82, 2.24) is 0 Å². The third kappa shape index (κ3) is 2.43. The van der Waals surface area contributed by atoms with E-state index in [1.165, 1.54) is 11.3 Å². The van der Waals surface area contributed by atoms with Crippen LogP contribution in [0.15, 0.2) is 30.3 Å². The highest BCUT2D eigenvalue weighted by atomic mass is 35.5. The van der Waals surface area contributed by atoms with E-state index in [9.17, 15) is 4.79 Å². The Morgan fingerprint density at radius 1 is 1.35 bits per heavy atom. The predicted molar refractivity (Wildman–Crippen MR) is 71.3 cm³/mol. The molecule has 0 atom stereocenters. The van der Waals surface area contributed by atoms with Gasteiger partial charge in [0.2, 0.25) is 0 Å². The van der Waals surface area contributed by atoms with Gasteiger partial charge in [-0.3, -0.25) is 0 Å². The number of rotatable bonds is 3. The average molecular weight is 268 g/mol. The molecule has 0 radical (unpaired) electrons. The van der Waals surface area contributed by atoms with E-state index in [-0.39, 0.29) is 0 Å². The van der Waals surface area contributed by atoms with Gasteiger partial charge in [-0.25, -0.2) is 4.79 Å². The number of halogens is 1. The highest BCUT2D eigenvalue weighted by Gasteiger charge is 2.15. The lowest BCUT2D eigenvalue weighted by atomic mass is 10.2. The number of aromatic carboxylic acids is 1. The molecule has 0 spiro atoms. The van der Waals surface area contributed by atoms with Gasteiger partial charge in [-0.05, 0) is 23.8 Å². The monoisotopic (exact) mass is 267 g/mol. The average Bonchev–Trinajstić information content (AvgIpc) is 2.74. The van der Waals surface area contributed by atoms with Crippen molar-refractivity contribution in [2.24, 2.45) is 0 Å². The van der Waals surface area contributed by atoms with Gasteiger partial charge >= 0.3 is 5.97 Å². The normalized spacial score (nSPS) is 10.2. The second-order valence-corrected chi connectivity index (χ2v) is 4.90. The Morgan fingerprint density at radius 3 is 2.47 bits per heavy atom. The third-order valence-corrected chi connectivity index (χ3v) is 3.75. The first kappa shape index (κ1) is 12.0. The maximum atomic E-state index is 11.0. The molecule has 0 aliphatic carbocycles. The van der Waals surface area contributed by atoms with Gasteiger partial charge in [-0.2, -0.15) is 0 Å². The van der Waals surface area contributed by atoms with E-state index in [0.717, 1.165) is 10.4 Å². The summed E-state index contributed by atoms with van der Waals surface area (Å²) in [5, 5.41) is 12.6. The Kier molecular flexibility index (Phi) is 3.36. The van der Waals surface area contributed by atoms with E-state index in [0.29, 0.717) is 15.6 Å². The topological polar surface area (TPSA) is 49.3 Å². The highest BCUT2D eigenvalue weighted by Crippen LogP contribution is 2.34. The number of carboxylic acids is 1. The molecule has 1 aromatic carbocycles. The van der Waals surface area contributed by atoms with Crippen LogP contribution in [-0.4, -0.2) is 18.1 Å². The SMILES string of the molecule is CNc1cc(-c2ccc(Cl)cc2)sc1C(=O)O. The molecule has 0 saturated heterocycles. The predicted octanol–water partition coefficient (Wildman–Crippen LogP) is 3.81. The van der Waals surface area contributed by atoms with E-state index in [4.69, 9.17) is 16.7 Å². The summed E-state index contributed by atoms with van der Waals surface area (Å²) in [7, 11) is 1.71. The Labute approximate surface area is 108 Å². The molecule has 0 amide bonds. The molecule has 2 N–H and O–H groups in total. The van der Waals surface area contributed by atoms with Crippen LogP contribution in [-0.2, 0) is 0 Å². The van der Waals surface area contributed by atoms with Crippen LogP contribution in [0.25, 0.3) is 10.4 Å². The van der Waals surface area contributed by atoms with E-state index in [2.05, 4.69) is 5.32 Å². The van der Waals surface area contributed by atoms with Crippen molar-refractivity contribution >= 4 is 34.6 Å². The van der Waals surface area contributed by atoms with Crippen molar-refractivity contribution < 1.29 is 9.90 Å². The number of carboxylic acid groups (broad SMARTS) is 1. The lowest BCUT2D eigenvalue weighted by molar-refractivity contribution is 0.0703. The first-order valence-corrected chi connectivity index (χ1v) is 6.12. The summed E-state index contributed by atoms with van der Waals surface area (Å²) in [6.45, 7) is 0. The molecule has 17 heavy (non-hydrogen) atoms. The number of hydrogen-bond acceptors (Lipinski definition) is 3. The summed E-state index contributed by atoms with van der Waals surface area (Å²) in [5.41, 5.74) is 1.59. The summed E-state index contributed by atoms with van der Waals surface area (Å²) in [5.74, 6) is -0.917. The molecule has 0 saturated carbocycles. The Bertz CT molecular complexity index is 548. The Balaban J connectivity index is 2.46. The fraction of sp³-hybridized carbons (Fsp3) is 0.0833. The van der Waals surface area contributed by atoms with Crippen molar-refractivity contribution in [3.63, 3.8) is 0 Å². The van der Waals surface area contributed by atoms with Crippen LogP contribution in [0.2, 0.25) is 5.02 Å².